The van der Waals surface area contributed by atoms with Gasteiger partial charge in [0.05, 0.1) is 0 Å². The average Bonchev–Trinajstić information content (AvgIpc) is 2.57. The molecule has 2 fully saturated rings. The number of carbonyl (C=O) groups excluding carboxylic acids is 1. The van der Waals surface area contributed by atoms with E-state index in [-0.39, 0.29) is 23.4 Å². The quantitative estimate of drug-likeness (QED) is 0.742. The fourth-order valence-corrected chi connectivity index (χ4v) is 3.74. The van der Waals surface area contributed by atoms with Gasteiger partial charge >= 0.3 is 12.3 Å². The molecule has 3 rings (SSSR count). The van der Waals surface area contributed by atoms with Gasteiger partial charge in [-0.3, -0.25) is 0 Å². The number of nitrogens with zero attached hydrogens (tertiary/aromatic N) is 2. The molecule has 1 saturated heterocycles. The monoisotopic (exact) mass is 386 g/mol. The zero-order valence-corrected chi connectivity index (χ0v) is 15.8. The van der Waals surface area contributed by atoms with Crippen LogP contribution in [0.15, 0.2) is 18.3 Å². The number of carbonyl (C=O) groups is 1. The maximum absolute atomic E-state index is 13.1. The molecule has 5 nitrogen and oxygen atoms in total. The van der Waals surface area contributed by atoms with Gasteiger partial charge in [-0.2, -0.15) is 13.2 Å². The molecule has 0 radical (unpaired) electrons. The molecule has 1 atom stereocenters. The predicted octanol–water partition coefficient (Wildman–Crippen LogP) is 4.66. The summed E-state index contributed by atoms with van der Waals surface area (Å²) in [6.07, 6.45) is -1.08. The zero-order valence-electron chi connectivity index (χ0n) is 15.8. The molecule has 0 N–H and O–H groups in total. The van der Waals surface area contributed by atoms with Crippen molar-refractivity contribution in [2.75, 3.05) is 13.1 Å². The Morgan fingerprint density at radius 3 is 2.41 bits per heavy atom. The van der Waals surface area contributed by atoms with Crippen LogP contribution in [0.3, 0.4) is 0 Å². The molecule has 1 amide bonds. The molecule has 1 aliphatic heterocycles. The van der Waals surface area contributed by atoms with Crippen LogP contribution in [0.25, 0.3) is 0 Å². The Labute approximate surface area is 156 Å². The molecular formula is C19H25F3N2O3. The van der Waals surface area contributed by atoms with Crippen LogP contribution in [-0.4, -0.2) is 40.8 Å². The zero-order chi connectivity index (χ0) is 19.9. The molecule has 8 heteroatoms. The van der Waals surface area contributed by atoms with E-state index in [9.17, 15) is 18.0 Å². The molecule has 1 aromatic rings. The second kappa shape index (κ2) is 6.87. The second-order valence-electron chi connectivity index (χ2n) is 8.32. The van der Waals surface area contributed by atoms with Crippen LogP contribution < -0.4 is 4.74 Å². The average molecular weight is 386 g/mol. The Morgan fingerprint density at radius 2 is 1.89 bits per heavy atom. The van der Waals surface area contributed by atoms with E-state index in [4.69, 9.17) is 9.47 Å². The fraction of sp³-hybridized carbons (Fsp3) is 0.684. The van der Waals surface area contributed by atoms with E-state index in [0.29, 0.717) is 32.4 Å². The van der Waals surface area contributed by atoms with Crippen molar-refractivity contribution in [3.8, 4) is 5.75 Å². The summed E-state index contributed by atoms with van der Waals surface area (Å²) in [4.78, 5) is 17.3. The first-order valence-electron chi connectivity index (χ1n) is 9.17. The van der Waals surface area contributed by atoms with E-state index < -0.39 is 17.5 Å². The summed E-state index contributed by atoms with van der Waals surface area (Å²) in [5.74, 6) is -0.219. The van der Waals surface area contributed by atoms with Gasteiger partial charge in [0, 0.05) is 24.7 Å². The molecule has 1 saturated carbocycles. The standard InChI is InChI=1S/C19H25F3N2O3/c1-17(2,3)27-16(25)24-11-8-18(9-12-24)7-6-14(18)26-13-5-4-10-23-15(13)19(20,21)22/h4-5,10,14H,6-9,11-12H2,1-3H3. The third kappa shape index (κ3) is 4.30. The number of halogens is 3. The minimum atomic E-state index is -4.55. The molecule has 0 bridgehead atoms. The number of hydrogen-bond donors (Lipinski definition) is 0. The van der Waals surface area contributed by atoms with Crippen LogP contribution >= 0.6 is 0 Å². The molecule has 2 heterocycles. The number of hydrogen-bond acceptors (Lipinski definition) is 4. The van der Waals surface area contributed by atoms with Crippen molar-refractivity contribution in [1.29, 1.82) is 0 Å². The van der Waals surface area contributed by atoms with Gasteiger partial charge in [0.1, 0.15) is 11.7 Å². The van der Waals surface area contributed by atoms with Gasteiger partial charge in [0.25, 0.3) is 0 Å². The highest BCUT2D eigenvalue weighted by Gasteiger charge is 2.51. The van der Waals surface area contributed by atoms with Gasteiger partial charge in [-0.1, -0.05) is 0 Å². The Hall–Kier alpha value is -1.99. The largest absolute Gasteiger partial charge is 0.488 e. The minimum Gasteiger partial charge on any atom is -0.488 e. The highest BCUT2D eigenvalue weighted by molar-refractivity contribution is 5.68. The maximum Gasteiger partial charge on any atom is 0.437 e. The van der Waals surface area contributed by atoms with Gasteiger partial charge in [0.2, 0.25) is 0 Å². The first kappa shape index (κ1) is 19.8. The lowest BCUT2D eigenvalue weighted by Gasteiger charge is -2.53. The Bertz CT molecular complexity index is 692. The van der Waals surface area contributed by atoms with Crippen LogP contribution in [0.5, 0.6) is 5.75 Å². The number of piperidine rings is 1. The third-order valence-corrected chi connectivity index (χ3v) is 5.31. The molecule has 2 aliphatic rings. The van der Waals surface area contributed by atoms with E-state index in [0.717, 1.165) is 12.6 Å². The number of aromatic nitrogens is 1. The maximum atomic E-state index is 13.1. The van der Waals surface area contributed by atoms with E-state index in [2.05, 4.69) is 4.98 Å². The Balaban J connectivity index is 1.63. The van der Waals surface area contributed by atoms with Crippen molar-refractivity contribution >= 4 is 6.09 Å². The number of amides is 1. The van der Waals surface area contributed by atoms with Crippen LogP contribution in [0.4, 0.5) is 18.0 Å². The fourth-order valence-electron chi connectivity index (χ4n) is 3.74. The van der Waals surface area contributed by atoms with Gasteiger partial charge in [-0.15, -0.1) is 0 Å². The van der Waals surface area contributed by atoms with E-state index in [1.165, 1.54) is 12.1 Å². The number of rotatable bonds is 2. The van der Waals surface area contributed by atoms with Crippen LogP contribution in [0, 0.1) is 5.41 Å². The highest BCUT2D eigenvalue weighted by Crippen LogP contribution is 2.51. The van der Waals surface area contributed by atoms with Crippen molar-refractivity contribution in [3.63, 3.8) is 0 Å². The third-order valence-electron chi connectivity index (χ3n) is 5.31. The molecule has 1 aliphatic carbocycles. The first-order valence-corrected chi connectivity index (χ1v) is 9.17. The Morgan fingerprint density at radius 1 is 1.22 bits per heavy atom. The van der Waals surface area contributed by atoms with Crippen molar-refractivity contribution in [3.05, 3.63) is 24.0 Å². The summed E-state index contributed by atoms with van der Waals surface area (Å²) in [6, 6.07) is 2.76. The van der Waals surface area contributed by atoms with Gasteiger partial charge < -0.3 is 14.4 Å². The first-order chi connectivity index (χ1) is 12.5. The summed E-state index contributed by atoms with van der Waals surface area (Å²) >= 11 is 0. The lowest BCUT2D eigenvalue weighted by molar-refractivity contribution is -0.146. The lowest BCUT2D eigenvalue weighted by atomic mass is 9.60. The normalized spacial score (nSPS) is 22.3. The van der Waals surface area contributed by atoms with Gasteiger partial charge in [-0.05, 0) is 58.6 Å². The number of likely N-dealkylation sites (tertiary alicyclic amines) is 1. The smallest absolute Gasteiger partial charge is 0.437 e. The molecule has 1 unspecified atom stereocenters. The summed E-state index contributed by atoms with van der Waals surface area (Å²) in [5.41, 5.74) is -1.72. The summed E-state index contributed by atoms with van der Waals surface area (Å²) in [5, 5.41) is 0. The number of pyridine rings is 1. The van der Waals surface area contributed by atoms with E-state index in [1.807, 2.05) is 20.8 Å². The SMILES string of the molecule is CC(C)(C)OC(=O)N1CCC2(CCC2Oc2cccnc2C(F)(F)F)CC1. The van der Waals surface area contributed by atoms with Crippen molar-refractivity contribution < 1.29 is 27.4 Å². The van der Waals surface area contributed by atoms with Crippen molar-refractivity contribution in [2.45, 2.75) is 64.3 Å². The molecule has 150 valence electrons. The van der Waals surface area contributed by atoms with Gasteiger partial charge in [0.15, 0.2) is 11.4 Å². The second-order valence-corrected chi connectivity index (χ2v) is 8.32. The highest BCUT2D eigenvalue weighted by atomic mass is 19.4. The summed E-state index contributed by atoms with van der Waals surface area (Å²) in [7, 11) is 0. The molecule has 27 heavy (non-hydrogen) atoms. The number of ether oxygens (including phenoxy) is 2. The van der Waals surface area contributed by atoms with Crippen molar-refractivity contribution in [1.82, 2.24) is 9.88 Å². The molecular weight excluding hydrogens is 361 g/mol. The molecule has 1 spiro atoms. The van der Waals surface area contributed by atoms with Gasteiger partial charge in [-0.25, -0.2) is 9.78 Å². The van der Waals surface area contributed by atoms with E-state index >= 15 is 0 Å². The predicted molar refractivity (Wildman–Crippen MR) is 92.4 cm³/mol. The topological polar surface area (TPSA) is 51.7 Å². The van der Waals surface area contributed by atoms with Crippen LogP contribution in [0.1, 0.15) is 52.1 Å². The van der Waals surface area contributed by atoms with Crippen LogP contribution in [0.2, 0.25) is 0 Å². The minimum absolute atomic E-state index is 0.183. The number of alkyl halides is 3. The Kier molecular flexibility index (Phi) is 5.03. The van der Waals surface area contributed by atoms with E-state index in [1.54, 1.807) is 4.90 Å². The lowest BCUT2D eigenvalue weighted by Crippen LogP contribution is -2.55. The van der Waals surface area contributed by atoms with Crippen LogP contribution in [-0.2, 0) is 10.9 Å². The van der Waals surface area contributed by atoms with Crippen molar-refractivity contribution in [2.24, 2.45) is 5.41 Å². The summed E-state index contributed by atoms with van der Waals surface area (Å²) < 4.78 is 50.5. The molecule has 0 aromatic carbocycles. The molecule has 1 aromatic heterocycles. The summed E-state index contributed by atoms with van der Waals surface area (Å²) in [6.45, 7) is 6.50.